The highest BCUT2D eigenvalue weighted by Crippen LogP contribution is 2.57. The van der Waals surface area contributed by atoms with Gasteiger partial charge in [0.05, 0.1) is 25.4 Å². The van der Waals surface area contributed by atoms with Crippen molar-refractivity contribution in [3.8, 4) is 11.8 Å². The second-order valence-electron chi connectivity index (χ2n) is 8.56. The first-order chi connectivity index (χ1) is 13.1. The molecule has 4 fully saturated rings. The molecule has 1 amide bonds. The second-order valence-corrected chi connectivity index (χ2v) is 9.61. The highest BCUT2D eigenvalue weighted by molar-refractivity contribution is 8.00. The average Bonchev–Trinajstić information content (AvgIpc) is 2.66. The SMILES string of the molecule is COc1ccc(SCC(=O)N(CCC#N)C23CC4CC(CC(C4)C2)C3)cc1. The minimum atomic E-state index is 0.0309. The zero-order valence-corrected chi connectivity index (χ0v) is 16.8. The van der Waals surface area contributed by atoms with E-state index in [0.717, 1.165) is 47.7 Å². The Bertz CT molecular complexity index is 690. The van der Waals surface area contributed by atoms with Gasteiger partial charge in [0.25, 0.3) is 0 Å². The predicted molar refractivity (Wildman–Crippen MR) is 107 cm³/mol. The number of nitrogens with zero attached hydrogens (tertiary/aromatic N) is 2. The summed E-state index contributed by atoms with van der Waals surface area (Å²) in [5.41, 5.74) is 0.0309. The summed E-state index contributed by atoms with van der Waals surface area (Å²) in [7, 11) is 1.66. The Labute approximate surface area is 166 Å². The summed E-state index contributed by atoms with van der Waals surface area (Å²) >= 11 is 1.58. The first-order valence-electron chi connectivity index (χ1n) is 10.1. The van der Waals surface area contributed by atoms with Gasteiger partial charge in [-0.25, -0.2) is 0 Å². The minimum Gasteiger partial charge on any atom is -0.497 e. The fraction of sp³-hybridized carbons (Fsp3) is 0.636. The molecule has 0 heterocycles. The highest BCUT2D eigenvalue weighted by Gasteiger charge is 2.54. The maximum atomic E-state index is 13.2. The Kier molecular flexibility index (Phi) is 5.36. The molecule has 0 atom stereocenters. The molecule has 0 aromatic heterocycles. The standard InChI is InChI=1S/C22H28N2O2S/c1-26-19-3-5-20(6-4-19)27-15-21(25)24(8-2-7-23)22-12-16-9-17(13-22)11-18(10-16)14-22/h3-6,16-18H,2,8-15H2,1H3. The normalized spacial score (nSPS) is 30.7. The van der Waals surface area contributed by atoms with Gasteiger partial charge in [-0.05, 0) is 80.5 Å². The van der Waals surface area contributed by atoms with Gasteiger partial charge < -0.3 is 9.64 Å². The first kappa shape index (κ1) is 18.7. The molecule has 0 spiro atoms. The van der Waals surface area contributed by atoms with Crippen LogP contribution >= 0.6 is 11.8 Å². The van der Waals surface area contributed by atoms with Crippen molar-refractivity contribution < 1.29 is 9.53 Å². The van der Waals surface area contributed by atoms with E-state index in [4.69, 9.17) is 10.00 Å². The highest BCUT2D eigenvalue weighted by atomic mass is 32.2. The van der Waals surface area contributed by atoms with E-state index in [2.05, 4.69) is 11.0 Å². The smallest absolute Gasteiger partial charge is 0.233 e. The Morgan fingerprint density at radius 1 is 1.19 bits per heavy atom. The van der Waals surface area contributed by atoms with E-state index in [9.17, 15) is 4.79 Å². The van der Waals surface area contributed by atoms with Crippen molar-refractivity contribution in [2.75, 3.05) is 19.4 Å². The van der Waals surface area contributed by atoms with E-state index in [1.54, 1.807) is 18.9 Å². The number of hydrogen-bond donors (Lipinski definition) is 0. The van der Waals surface area contributed by atoms with Crippen molar-refractivity contribution in [3.63, 3.8) is 0 Å². The number of hydrogen-bond acceptors (Lipinski definition) is 4. The van der Waals surface area contributed by atoms with Crippen LogP contribution in [0.5, 0.6) is 5.75 Å². The first-order valence-corrected chi connectivity index (χ1v) is 11.0. The maximum absolute atomic E-state index is 13.2. The van der Waals surface area contributed by atoms with E-state index < -0.39 is 0 Å². The largest absolute Gasteiger partial charge is 0.497 e. The third-order valence-electron chi connectivity index (χ3n) is 6.75. The molecular weight excluding hydrogens is 356 g/mol. The summed E-state index contributed by atoms with van der Waals surface area (Å²) in [5.74, 6) is 3.86. The lowest BCUT2D eigenvalue weighted by Crippen LogP contribution is -2.62. The molecule has 0 radical (unpaired) electrons. The fourth-order valence-corrected chi connectivity index (χ4v) is 6.85. The van der Waals surface area contributed by atoms with Crippen LogP contribution in [0, 0.1) is 29.1 Å². The third-order valence-corrected chi connectivity index (χ3v) is 7.75. The van der Waals surface area contributed by atoms with Crippen LogP contribution < -0.4 is 4.74 Å². The molecule has 0 aliphatic heterocycles. The van der Waals surface area contributed by atoms with E-state index in [0.29, 0.717) is 18.7 Å². The minimum absolute atomic E-state index is 0.0309. The molecule has 144 valence electrons. The number of amides is 1. The van der Waals surface area contributed by atoms with E-state index in [1.165, 1.54) is 19.3 Å². The van der Waals surface area contributed by atoms with Crippen molar-refractivity contribution in [2.45, 2.75) is 55.4 Å². The molecule has 1 aromatic carbocycles. The van der Waals surface area contributed by atoms with Crippen LogP contribution in [0.25, 0.3) is 0 Å². The number of thioether (sulfide) groups is 1. The van der Waals surface area contributed by atoms with Crippen molar-refractivity contribution in [1.82, 2.24) is 4.90 Å². The molecule has 27 heavy (non-hydrogen) atoms. The van der Waals surface area contributed by atoms with Crippen molar-refractivity contribution >= 4 is 17.7 Å². The monoisotopic (exact) mass is 384 g/mol. The number of rotatable bonds is 7. The molecule has 4 aliphatic carbocycles. The van der Waals surface area contributed by atoms with Gasteiger partial charge in [0, 0.05) is 17.0 Å². The maximum Gasteiger partial charge on any atom is 0.233 e. The fourth-order valence-electron chi connectivity index (χ4n) is 6.08. The number of nitriles is 1. The third kappa shape index (κ3) is 3.82. The van der Waals surface area contributed by atoms with E-state index in [-0.39, 0.29) is 11.4 Å². The Balaban J connectivity index is 1.46. The van der Waals surface area contributed by atoms with Crippen molar-refractivity contribution in [1.29, 1.82) is 5.26 Å². The number of benzene rings is 1. The lowest BCUT2D eigenvalue weighted by molar-refractivity contribution is -0.147. The summed E-state index contributed by atoms with van der Waals surface area (Å²) in [6.07, 6.45) is 7.98. The summed E-state index contributed by atoms with van der Waals surface area (Å²) in [5, 5.41) is 9.13. The lowest BCUT2D eigenvalue weighted by Gasteiger charge is -2.60. The van der Waals surface area contributed by atoms with E-state index >= 15 is 0 Å². The average molecular weight is 385 g/mol. The molecule has 0 unspecified atom stereocenters. The van der Waals surface area contributed by atoms with Gasteiger partial charge in [-0.2, -0.15) is 5.26 Å². The van der Waals surface area contributed by atoms with Gasteiger partial charge in [0.15, 0.2) is 0 Å². The van der Waals surface area contributed by atoms with Crippen LogP contribution in [0.15, 0.2) is 29.2 Å². The van der Waals surface area contributed by atoms with Crippen LogP contribution in [0.4, 0.5) is 0 Å². The lowest BCUT2D eigenvalue weighted by atomic mass is 9.52. The van der Waals surface area contributed by atoms with Crippen LogP contribution in [-0.2, 0) is 4.79 Å². The molecular formula is C22H28N2O2S. The van der Waals surface area contributed by atoms with Gasteiger partial charge in [0.1, 0.15) is 5.75 Å². The summed E-state index contributed by atoms with van der Waals surface area (Å²) in [6.45, 7) is 0.588. The van der Waals surface area contributed by atoms with Crippen molar-refractivity contribution in [2.24, 2.45) is 17.8 Å². The summed E-state index contributed by atoms with van der Waals surface area (Å²) in [4.78, 5) is 16.4. The second kappa shape index (κ2) is 7.75. The molecule has 4 nitrogen and oxygen atoms in total. The zero-order valence-electron chi connectivity index (χ0n) is 16.0. The van der Waals surface area contributed by atoms with Gasteiger partial charge in [-0.3, -0.25) is 4.79 Å². The van der Waals surface area contributed by atoms with Crippen molar-refractivity contribution in [3.05, 3.63) is 24.3 Å². The summed E-state index contributed by atoms with van der Waals surface area (Å²) < 4.78 is 5.20. The Morgan fingerprint density at radius 2 is 1.78 bits per heavy atom. The predicted octanol–water partition coefficient (Wildman–Crippen LogP) is 4.50. The molecule has 4 saturated carbocycles. The van der Waals surface area contributed by atoms with Gasteiger partial charge >= 0.3 is 0 Å². The van der Waals surface area contributed by atoms with E-state index in [1.807, 2.05) is 24.3 Å². The van der Waals surface area contributed by atoms with Crippen LogP contribution in [0.1, 0.15) is 44.9 Å². The van der Waals surface area contributed by atoms with Crippen LogP contribution in [-0.4, -0.2) is 35.8 Å². The van der Waals surface area contributed by atoms with Crippen LogP contribution in [0.2, 0.25) is 0 Å². The van der Waals surface area contributed by atoms with Crippen LogP contribution in [0.3, 0.4) is 0 Å². The Hall–Kier alpha value is -1.67. The number of carbonyl (C=O) groups excluding carboxylic acids is 1. The van der Waals surface area contributed by atoms with Gasteiger partial charge in [-0.1, -0.05) is 0 Å². The molecule has 1 aromatic rings. The number of ether oxygens (including phenoxy) is 1. The summed E-state index contributed by atoms with van der Waals surface area (Å²) in [6, 6.07) is 10.1. The van der Waals surface area contributed by atoms with Gasteiger partial charge in [-0.15, -0.1) is 11.8 Å². The molecule has 4 aliphatic rings. The number of carbonyl (C=O) groups is 1. The van der Waals surface area contributed by atoms with Gasteiger partial charge in [0.2, 0.25) is 5.91 Å². The zero-order chi connectivity index (χ0) is 18.9. The topological polar surface area (TPSA) is 53.3 Å². The number of methoxy groups -OCH3 is 1. The molecule has 0 N–H and O–H groups in total. The molecule has 0 saturated heterocycles. The molecule has 5 heteroatoms. The Morgan fingerprint density at radius 3 is 2.30 bits per heavy atom. The molecule has 4 bridgehead atoms. The molecule has 5 rings (SSSR count). The quantitative estimate of drug-likeness (QED) is 0.650.